The van der Waals surface area contributed by atoms with Gasteiger partial charge in [0.2, 0.25) is 0 Å². The first-order valence-corrected chi connectivity index (χ1v) is 5.81. The molecule has 1 heterocycles. The molecule has 0 amide bonds. The summed E-state index contributed by atoms with van der Waals surface area (Å²) in [5.74, 6) is -0.253. The Morgan fingerprint density at radius 2 is 2.06 bits per heavy atom. The molecule has 1 aliphatic heterocycles. The number of nitrogens with one attached hydrogen (secondary N) is 1. The number of rotatable bonds is 3. The molecule has 1 N–H and O–H groups in total. The maximum Gasteiger partial charge on any atom is 0.166 e. The van der Waals surface area contributed by atoms with Crippen molar-refractivity contribution in [1.82, 2.24) is 5.32 Å². The molecule has 1 fully saturated rings. The molecule has 0 radical (unpaired) electrons. The van der Waals surface area contributed by atoms with Gasteiger partial charge in [-0.2, -0.15) is 0 Å². The average Bonchev–Trinajstić information content (AvgIpc) is 2.39. The summed E-state index contributed by atoms with van der Waals surface area (Å²) in [6, 6.07) is 4.40. The van der Waals surface area contributed by atoms with Gasteiger partial charge in [-0.05, 0) is 44.1 Å². The number of ketones is 1. The molecular formula is C13H17ClFNO2. The lowest BCUT2D eigenvalue weighted by atomic mass is 9.89. The van der Waals surface area contributed by atoms with Crippen LogP contribution in [0.1, 0.15) is 23.2 Å². The van der Waals surface area contributed by atoms with E-state index in [0.29, 0.717) is 5.56 Å². The van der Waals surface area contributed by atoms with Crippen molar-refractivity contribution in [3.63, 3.8) is 0 Å². The number of hydrogen-bond acceptors (Lipinski definition) is 3. The molecule has 0 atom stereocenters. The smallest absolute Gasteiger partial charge is 0.166 e. The lowest BCUT2D eigenvalue weighted by Crippen LogP contribution is -2.31. The van der Waals surface area contributed by atoms with Crippen molar-refractivity contribution < 1.29 is 13.9 Å². The third-order valence-corrected chi connectivity index (χ3v) is 3.15. The fraction of sp³-hybridized carbons (Fsp3) is 0.462. The van der Waals surface area contributed by atoms with E-state index in [4.69, 9.17) is 4.74 Å². The number of ether oxygens (including phenoxy) is 1. The molecule has 1 aliphatic rings. The third kappa shape index (κ3) is 3.21. The van der Waals surface area contributed by atoms with E-state index < -0.39 is 5.82 Å². The van der Waals surface area contributed by atoms with Crippen LogP contribution in [0.25, 0.3) is 0 Å². The summed E-state index contributed by atoms with van der Waals surface area (Å²) < 4.78 is 18.3. The molecule has 1 aromatic carbocycles. The standard InChI is InChI=1S/C13H16FNO2.ClH/c1-17-12-3-2-10(8-11(12)14)13(16)9-4-6-15-7-5-9;/h2-3,8-9,15H,4-7H2,1H3;1H. The zero-order valence-electron chi connectivity index (χ0n) is 10.2. The van der Waals surface area contributed by atoms with Crippen LogP contribution in [-0.2, 0) is 0 Å². The predicted molar refractivity (Wildman–Crippen MR) is 70.1 cm³/mol. The average molecular weight is 274 g/mol. The normalized spacial score (nSPS) is 15.9. The molecular weight excluding hydrogens is 257 g/mol. The van der Waals surface area contributed by atoms with Gasteiger partial charge in [0.25, 0.3) is 0 Å². The Labute approximate surface area is 112 Å². The highest BCUT2D eigenvalue weighted by molar-refractivity contribution is 5.98. The van der Waals surface area contributed by atoms with Gasteiger partial charge < -0.3 is 10.1 Å². The maximum atomic E-state index is 13.5. The second-order valence-corrected chi connectivity index (χ2v) is 4.24. The number of benzene rings is 1. The van der Waals surface area contributed by atoms with Gasteiger partial charge in [0.15, 0.2) is 17.3 Å². The summed E-state index contributed by atoms with van der Waals surface area (Å²) in [7, 11) is 1.41. The second kappa shape index (κ2) is 6.71. The minimum Gasteiger partial charge on any atom is -0.494 e. The highest BCUT2D eigenvalue weighted by Crippen LogP contribution is 2.22. The van der Waals surface area contributed by atoms with Crippen molar-refractivity contribution in [2.24, 2.45) is 5.92 Å². The van der Waals surface area contributed by atoms with E-state index in [2.05, 4.69) is 5.32 Å². The first-order chi connectivity index (χ1) is 8.22. The van der Waals surface area contributed by atoms with Crippen molar-refractivity contribution in [2.75, 3.05) is 20.2 Å². The Balaban J connectivity index is 0.00000162. The van der Waals surface area contributed by atoms with Crippen molar-refractivity contribution >= 4 is 18.2 Å². The first kappa shape index (κ1) is 14.9. The Morgan fingerprint density at radius 3 is 2.61 bits per heavy atom. The predicted octanol–water partition coefficient (Wildman–Crippen LogP) is 2.44. The molecule has 5 heteroatoms. The summed E-state index contributed by atoms with van der Waals surface area (Å²) >= 11 is 0. The SMILES string of the molecule is COc1ccc(C(=O)C2CCNCC2)cc1F.Cl. The molecule has 0 spiro atoms. The van der Waals surface area contributed by atoms with Gasteiger partial charge >= 0.3 is 0 Å². The van der Waals surface area contributed by atoms with Crippen molar-refractivity contribution in [3.8, 4) is 5.75 Å². The molecule has 1 saturated heterocycles. The Kier molecular flexibility index (Phi) is 5.56. The molecule has 100 valence electrons. The fourth-order valence-electron chi connectivity index (χ4n) is 2.14. The van der Waals surface area contributed by atoms with E-state index in [1.807, 2.05) is 0 Å². The highest BCUT2D eigenvalue weighted by atomic mass is 35.5. The van der Waals surface area contributed by atoms with E-state index in [1.165, 1.54) is 19.2 Å². The number of piperidine rings is 1. The Morgan fingerprint density at radius 1 is 1.39 bits per heavy atom. The minimum absolute atomic E-state index is 0. The van der Waals surface area contributed by atoms with Crippen LogP contribution >= 0.6 is 12.4 Å². The molecule has 0 unspecified atom stereocenters. The first-order valence-electron chi connectivity index (χ1n) is 5.81. The summed E-state index contributed by atoms with van der Waals surface area (Å²) in [6.45, 7) is 1.71. The van der Waals surface area contributed by atoms with E-state index >= 15 is 0 Å². The summed E-state index contributed by atoms with van der Waals surface area (Å²) in [6.07, 6.45) is 1.65. The monoisotopic (exact) mass is 273 g/mol. The maximum absolute atomic E-state index is 13.5. The third-order valence-electron chi connectivity index (χ3n) is 3.15. The summed E-state index contributed by atoms with van der Waals surface area (Å²) in [5.41, 5.74) is 0.440. The fourth-order valence-corrected chi connectivity index (χ4v) is 2.14. The van der Waals surface area contributed by atoms with E-state index in [-0.39, 0.29) is 29.9 Å². The van der Waals surface area contributed by atoms with Gasteiger partial charge in [-0.1, -0.05) is 0 Å². The van der Waals surface area contributed by atoms with Crippen LogP contribution in [0.3, 0.4) is 0 Å². The summed E-state index contributed by atoms with van der Waals surface area (Å²) in [5, 5.41) is 3.20. The van der Waals surface area contributed by atoms with Crippen LogP contribution < -0.4 is 10.1 Å². The number of carbonyl (C=O) groups excluding carboxylic acids is 1. The quantitative estimate of drug-likeness (QED) is 0.860. The zero-order chi connectivity index (χ0) is 12.3. The zero-order valence-corrected chi connectivity index (χ0v) is 11.1. The number of carbonyl (C=O) groups is 1. The van der Waals surface area contributed by atoms with E-state index in [1.54, 1.807) is 6.07 Å². The molecule has 0 bridgehead atoms. The van der Waals surface area contributed by atoms with Crippen LogP contribution in [0.5, 0.6) is 5.75 Å². The van der Waals surface area contributed by atoms with Gasteiger partial charge in [-0.25, -0.2) is 4.39 Å². The van der Waals surface area contributed by atoms with Crippen molar-refractivity contribution in [3.05, 3.63) is 29.6 Å². The van der Waals surface area contributed by atoms with Crippen LogP contribution in [0.15, 0.2) is 18.2 Å². The molecule has 18 heavy (non-hydrogen) atoms. The minimum atomic E-state index is -0.479. The number of hydrogen-bond donors (Lipinski definition) is 1. The number of Topliss-reactive ketones (excluding diaryl/α,β-unsaturated/α-hetero) is 1. The Bertz CT molecular complexity index is 419. The van der Waals surface area contributed by atoms with Crippen LogP contribution in [-0.4, -0.2) is 26.0 Å². The van der Waals surface area contributed by atoms with E-state index in [9.17, 15) is 9.18 Å². The van der Waals surface area contributed by atoms with Crippen molar-refractivity contribution in [1.29, 1.82) is 0 Å². The van der Waals surface area contributed by atoms with Gasteiger partial charge in [-0.15, -0.1) is 12.4 Å². The van der Waals surface area contributed by atoms with Gasteiger partial charge in [0.1, 0.15) is 0 Å². The summed E-state index contributed by atoms with van der Waals surface area (Å²) in [4.78, 5) is 12.1. The molecule has 1 aromatic rings. The van der Waals surface area contributed by atoms with Gasteiger partial charge in [0, 0.05) is 11.5 Å². The van der Waals surface area contributed by atoms with E-state index in [0.717, 1.165) is 25.9 Å². The molecule has 0 saturated carbocycles. The lowest BCUT2D eigenvalue weighted by Gasteiger charge is -2.21. The molecule has 0 aromatic heterocycles. The molecule has 3 nitrogen and oxygen atoms in total. The van der Waals surface area contributed by atoms with Gasteiger partial charge in [0.05, 0.1) is 7.11 Å². The van der Waals surface area contributed by atoms with Crippen LogP contribution in [0.4, 0.5) is 4.39 Å². The second-order valence-electron chi connectivity index (χ2n) is 4.24. The largest absolute Gasteiger partial charge is 0.494 e. The highest BCUT2D eigenvalue weighted by Gasteiger charge is 2.22. The lowest BCUT2D eigenvalue weighted by molar-refractivity contribution is 0.0894. The Hall–Kier alpha value is -1.13. The van der Waals surface area contributed by atoms with Gasteiger partial charge in [-0.3, -0.25) is 4.79 Å². The van der Waals surface area contributed by atoms with Crippen LogP contribution in [0.2, 0.25) is 0 Å². The topological polar surface area (TPSA) is 38.3 Å². The number of methoxy groups -OCH3 is 1. The molecule has 0 aliphatic carbocycles. The van der Waals surface area contributed by atoms with Crippen LogP contribution in [0, 0.1) is 11.7 Å². The molecule has 2 rings (SSSR count). The van der Waals surface area contributed by atoms with Crippen molar-refractivity contribution in [2.45, 2.75) is 12.8 Å². The number of halogens is 2.